The van der Waals surface area contributed by atoms with Crippen molar-refractivity contribution in [3.8, 4) is 5.69 Å². The first-order chi connectivity index (χ1) is 13.4. The average molecular weight is 380 g/mol. The molecule has 0 unspecified atom stereocenters. The zero-order chi connectivity index (χ0) is 20.3. The van der Waals surface area contributed by atoms with E-state index < -0.39 is 11.8 Å². The molecule has 1 fully saturated rings. The lowest BCUT2D eigenvalue weighted by molar-refractivity contribution is -0.146. The molecular weight excluding hydrogens is 352 g/mol. The molecule has 1 saturated heterocycles. The fraction of sp³-hybridized carbons (Fsp3) is 0.409. The van der Waals surface area contributed by atoms with Crippen LogP contribution in [0, 0.1) is 27.7 Å². The molecule has 0 bridgehead atoms. The SMILES string of the molecule is Cc1ccc(C)c(-n2c(C)cc(/C=N\NC(=O)C(=O)N3CCCCC3)c2C)c1. The Balaban J connectivity index is 1.74. The number of nitrogens with zero attached hydrogens (tertiary/aromatic N) is 3. The molecule has 0 spiro atoms. The summed E-state index contributed by atoms with van der Waals surface area (Å²) in [5, 5.41) is 4.02. The summed E-state index contributed by atoms with van der Waals surface area (Å²) >= 11 is 0. The van der Waals surface area contributed by atoms with E-state index in [4.69, 9.17) is 0 Å². The Morgan fingerprint density at radius 1 is 1.04 bits per heavy atom. The molecule has 2 heterocycles. The van der Waals surface area contributed by atoms with Crippen molar-refractivity contribution in [3.05, 3.63) is 52.3 Å². The van der Waals surface area contributed by atoms with Crippen LogP contribution in [0.4, 0.5) is 0 Å². The van der Waals surface area contributed by atoms with Crippen LogP contribution in [0.2, 0.25) is 0 Å². The van der Waals surface area contributed by atoms with E-state index in [9.17, 15) is 9.59 Å². The second kappa shape index (κ2) is 8.42. The minimum atomic E-state index is -0.679. The fourth-order valence-electron chi connectivity index (χ4n) is 3.70. The fourth-order valence-corrected chi connectivity index (χ4v) is 3.70. The van der Waals surface area contributed by atoms with Gasteiger partial charge in [-0.15, -0.1) is 0 Å². The second-order valence-corrected chi connectivity index (χ2v) is 7.50. The number of benzene rings is 1. The maximum Gasteiger partial charge on any atom is 0.329 e. The molecule has 0 aliphatic carbocycles. The number of hydrogen-bond acceptors (Lipinski definition) is 3. The van der Waals surface area contributed by atoms with Crippen molar-refractivity contribution in [2.45, 2.75) is 47.0 Å². The van der Waals surface area contributed by atoms with Crippen LogP contribution >= 0.6 is 0 Å². The second-order valence-electron chi connectivity index (χ2n) is 7.50. The Morgan fingerprint density at radius 3 is 2.46 bits per heavy atom. The van der Waals surface area contributed by atoms with Crippen LogP contribution in [0.25, 0.3) is 5.69 Å². The van der Waals surface area contributed by atoms with Gasteiger partial charge >= 0.3 is 11.8 Å². The van der Waals surface area contributed by atoms with Crippen LogP contribution in [0.3, 0.4) is 0 Å². The van der Waals surface area contributed by atoms with Crippen molar-refractivity contribution < 1.29 is 9.59 Å². The van der Waals surface area contributed by atoms with Gasteiger partial charge in [0.25, 0.3) is 0 Å². The third kappa shape index (κ3) is 4.16. The standard InChI is InChI=1S/C22H28N4O2/c1-15-8-9-16(2)20(12-15)26-17(3)13-19(18(26)4)14-23-24-21(27)22(28)25-10-6-5-7-11-25/h8-9,12-14H,5-7,10-11H2,1-4H3,(H,24,27)/b23-14-. The minimum Gasteiger partial charge on any atom is -0.334 e. The molecule has 28 heavy (non-hydrogen) atoms. The molecule has 0 saturated carbocycles. The van der Waals surface area contributed by atoms with Crippen LogP contribution in [-0.2, 0) is 9.59 Å². The number of piperidine rings is 1. The number of likely N-dealkylation sites (tertiary alicyclic amines) is 1. The summed E-state index contributed by atoms with van der Waals surface area (Å²) in [6.07, 6.45) is 4.62. The maximum absolute atomic E-state index is 12.2. The molecular formula is C22H28N4O2. The van der Waals surface area contributed by atoms with Gasteiger partial charge in [-0.25, -0.2) is 5.43 Å². The smallest absolute Gasteiger partial charge is 0.329 e. The van der Waals surface area contributed by atoms with E-state index in [0.29, 0.717) is 13.1 Å². The molecule has 0 atom stereocenters. The van der Waals surface area contributed by atoms with Crippen molar-refractivity contribution in [2.75, 3.05) is 13.1 Å². The summed E-state index contributed by atoms with van der Waals surface area (Å²) in [6.45, 7) is 9.53. The summed E-state index contributed by atoms with van der Waals surface area (Å²) in [6, 6.07) is 8.41. The first-order valence-electron chi connectivity index (χ1n) is 9.77. The van der Waals surface area contributed by atoms with Crippen molar-refractivity contribution in [2.24, 2.45) is 5.10 Å². The highest BCUT2D eigenvalue weighted by Gasteiger charge is 2.22. The third-order valence-corrected chi connectivity index (χ3v) is 5.28. The number of aryl methyl sites for hydroxylation is 3. The van der Waals surface area contributed by atoms with Gasteiger partial charge in [0.15, 0.2) is 0 Å². The summed E-state index contributed by atoms with van der Waals surface area (Å²) in [7, 11) is 0. The normalized spacial score (nSPS) is 14.5. The summed E-state index contributed by atoms with van der Waals surface area (Å²) in [5.41, 5.74) is 8.93. The summed E-state index contributed by atoms with van der Waals surface area (Å²) < 4.78 is 2.18. The largest absolute Gasteiger partial charge is 0.334 e. The van der Waals surface area contributed by atoms with Gasteiger partial charge in [0.05, 0.1) is 6.21 Å². The minimum absolute atomic E-state index is 0.502. The molecule has 1 aromatic carbocycles. The zero-order valence-electron chi connectivity index (χ0n) is 17.1. The molecule has 1 aliphatic heterocycles. The van der Waals surface area contributed by atoms with E-state index in [-0.39, 0.29) is 0 Å². The lowest BCUT2D eigenvalue weighted by atomic mass is 10.1. The molecule has 1 N–H and O–H groups in total. The highest BCUT2D eigenvalue weighted by atomic mass is 16.2. The molecule has 0 radical (unpaired) electrons. The molecule has 2 aromatic rings. The number of hydrogen-bond donors (Lipinski definition) is 1. The molecule has 3 rings (SSSR count). The molecule has 6 nitrogen and oxygen atoms in total. The average Bonchev–Trinajstić information content (AvgIpc) is 2.97. The number of aromatic nitrogens is 1. The number of hydrazone groups is 1. The topological polar surface area (TPSA) is 66.7 Å². The van der Waals surface area contributed by atoms with Crippen molar-refractivity contribution >= 4 is 18.0 Å². The van der Waals surface area contributed by atoms with E-state index in [1.165, 1.54) is 11.1 Å². The van der Waals surface area contributed by atoms with Gasteiger partial charge in [-0.1, -0.05) is 12.1 Å². The van der Waals surface area contributed by atoms with Gasteiger partial charge in [-0.3, -0.25) is 9.59 Å². The number of amides is 2. The number of rotatable bonds is 3. The summed E-state index contributed by atoms with van der Waals surface area (Å²) in [5.74, 6) is -1.18. The van der Waals surface area contributed by atoms with Crippen molar-refractivity contribution in [1.29, 1.82) is 0 Å². The monoisotopic (exact) mass is 380 g/mol. The van der Waals surface area contributed by atoms with E-state index in [1.807, 2.05) is 19.9 Å². The third-order valence-electron chi connectivity index (χ3n) is 5.28. The van der Waals surface area contributed by atoms with Crippen LogP contribution < -0.4 is 5.43 Å². The zero-order valence-corrected chi connectivity index (χ0v) is 17.1. The Bertz CT molecular complexity index is 921. The van der Waals surface area contributed by atoms with E-state index in [0.717, 1.165) is 41.9 Å². The van der Waals surface area contributed by atoms with Crippen LogP contribution in [0.1, 0.15) is 47.3 Å². The van der Waals surface area contributed by atoms with E-state index in [1.54, 1.807) is 11.1 Å². The lowest BCUT2D eigenvalue weighted by Crippen LogP contribution is -2.43. The van der Waals surface area contributed by atoms with Crippen molar-refractivity contribution in [3.63, 3.8) is 0 Å². The van der Waals surface area contributed by atoms with Crippen LogP contribution in [0.15, 0.2) is 29.4 Å². The Labute approximate surface area is 166 Å². The predicted molar refractivity (Wildman–Crippen MR) is 111 cm³/mol. The Kier molecular flexibility index (Phi) is 5.97. The Hall–Kier alpha value is -2.89. The quantitative estimate of drug-likeness (QED) is 0.505. The van der Waals surface area contributed by atoms with Gasteiger partial charge in [-0.05, 0) is 70.2 Å². The Morgan fingerprint density at radius 2 is 1.75 bits per heavy atom. The molecule has 1 aliphatic rings. The van der Waals surface area contributed by atoms with E-state index in [2.05, 4.69) is 47.1 Å². The van der Waals surface area contributed by atoms with Crippen molar-refractivity contribution in [1.82, 2.24) is 14.9 Å². The van der Waals surface area contributed by atoms with Crippen LogP contribution in [-0.4, -0.2) is 40.6 Å². The van der Waals surface area contributed by atoms with Gasteiger partial charge in [-0.2, -0.15) is 5.10 Å². The molecule has 1 aromatic heterocycles. The maximum atomic E-state index is 12.2. The van der Waals surface area contributed by atoms with Gasteiger partial charge in [0, 0.05) is 35.7 Å². The predicted octanol–water partition coefficient (Wildman–Crippen LogP) is 3.17. The lowest BCUT2D eigenvalue weighted by Gasteiger charge is -2.25. The highest BCUT2D eigenvalue weighted by molar-refractivity contribution is 6.35. The van der Waals surface area contributed by atoms with Gasteiger partial charge in [0.2, 0.25) is 0 Å². The first kappa shape index (κ1) is 19.9. The van der Waals surface area contributed by atoms with Gasteiger partial charge in [0.1, 0.15) is 0 Å². The molecule has 2 amide bonds. The summed E-state index contributed by atoms with van der Waals surface area (Å²) in [4.78, 5) is 25.8. The van der Waals surface area contributed by atoms with Gasteiger partial charge < -0.3 is 9.47 Å². The molecule has 6 heteroatoms. The van der Waals surface area contributed by atoms with Crippen LogP contribution in [0.5, 0.6) is 0 Å². The number of nitrogens with one attached hydrogen (secondary N) is 1. The number of carbonyl (C=O) groups is 2. The molecule has 148 valence electrons. The first-order valence-corrected chi connectivity index (χ1v) is 9.77. The highest BCUT2D eigenvalue weighted by Crippen LogP contribution is 2.23. The number of carbonyl (C=O) groups excluding carboxylic acids is 2. The van der Waals surface area contributed by atoms with E-state index >= 15 is 0 Å².